The van der Waals surface area contributed by atoms with Gasteiger partial charge in [-0.1, -0.05) is 30.7 Å². The molecule has 5 atom stereocenters. The Morgan fingerprint density at radius 2 is 1.85 bits per heavy atom. The lowest BCUT2D eigenvalue weighted by Crippen LogP contribution is -2.50. The van der Waals surface area contributed by atoms with Crippen LogP contribution in [0.3, 0.4) is 0 Å². The lowest BCUT2D eigenvalue weighted by molar-refractivity contribution is -0.146. The van der Waals surface area contributed by atoms with E-state index in [4.69, 9.17) is 9.84 Å². The quantitative estimate of drug-likeness (QED) is 0.334. The molecule has 0 saturated heterocycles. The molecule has 0 aromatic heterocycles. The number of benzene rings is 1. The Hall–Kier alpha value is -3.19. The molecule has 214 valence electrons. The first kappa shape index (κ1) is 28.3. The lowest BCUT2D eigenvalue weighted by atomic mass is 9.51. The van der Waals surface area contributed by atoms with Crippen molar-refractivity contribution in [3.63, 3.8) is 0 Å². The van der Waals surface area contributed by atoms with Gasteiger partial charge < -0.3 is 19.8 Å². The third-order valence-corrected chi connectivity index (χ3v) is 10.0. The maximum atomic E-state index is 12.3. The zero-order valence-electron chi connectivity index (χ0n) is 23.8. The highest BCUT2D eigenvalue weighted by Crippen LogP contribution is 2.67. The van der Waals surface area contributed by atoms with Gasteiger partial charge >= 0.3 is 11.9 Å². The van der Waals surface area contributed by atoms with Crippen LogP contribution in [0.4, 0.5) is 5.69 Å². The van der Waals surface area contributed by atoms with Gasteiger partial charge in [0.2, 0.25) is 0 Å². The van der Waals surface area contributed by atoms with Crippen LogP contribution in [0.2, 0.25) is 0 Å². The fourth-order valence-corrected chi connectivity index (χ4v) is 7.94. The number of carbonyl (C=O) groups is 3. The van der Waals surface area contributed by atoms with Gasteiger partial charge in [-0.25, -0.2) is 0 Å². The molecule has 4 aliphatic carbocycles. The number of rotatable bonds is 8. The summed E-state index contributed by atoms with van der Waals surface area (Å²) in [7, 11) is 4.07. The number of carboxylic acid groups (broad SMARTS) is 1. The molecule has 0 bridgehead atoms. The van der Waals surface area contributed by atoms with E-state index in [1.165, 1.54) is 22.3 Å². The van der Waals surface area contributed by atoms with Gasteiger partial charge in [0, 0.05) is 37.5 Å². The summed E-state index contributed by atoms with van der Waals surface area (Å²) in [5.41, 5.74) is 5.08. The van der Waals surface area contributed by atoms with Gasteiger partial charge in [0.1, 0.15) is 6.61 Å². The highest BCUT2D eigenvalue weighted by Gasteiger charge is 2.62. The largest absolute Gasteiger partial charge is 0.481 e. The Morgan fingerprint density at radius 1 is 1.10 bits per heavy atom. The van der Waals surface area contributed by atoms with Crippen molar-refractivity contribution in [3.8, 4) is 0 Å². The molecule has 0 amide bonds. The first-order valence-corrected chi connectivity index (χ1v) is 14.5. The van der Waals surface area contributed by atoms with Crippen molar-refractivity contribution in [2.45, 2.75) is 76.2 Å². The van der Waals surface area contributed by atoms with E-state index in [1.54, 1.807) is 6.08 Å². The molecular formula is C33H41NO6. The summed E-state index contributed by atoms with van der Waals surface area (Å²) in [4.78, 5) is 36.9. The van der Waals surface area contributed by atoms with Crippen LogP contribution in [0.15, 0.2) is 59.2 Å². The number of fused-ring (bicyclic) bond motifs is 4. The van der Waals surface area contributed by atoms with Crippen molar-refractivity contribution >= 4 is 23.4 Å². The monoisotopic (exact) mass is 547 g/mol. The molecule has 2 fully saturated rings. The van der Waals surface area contributed by atoms with Crippen LogP contribution < -0.4 is 4.90 Å². The fraction of sp³-hybridized carbons (Fsp3) is 0.545. The SMILES string of the molecule is CN(C)c1ccc([C@H]2C[C@@]3(C)C(CC[C@@]3(O)/C=C\COC(=O)CCC(=O)O)C3CCC4=CC(=O)CCC4=C32)cc1. The molecule has 1 aromatic carbocycles. The zero-order valence-corrected chi connectivity index (χ0v) is 23.8. The highest BCUT2D eigenvalue weighted by molar-refractivity contribution is 5.93. The summed E-state index contributed by atoms with van der Waals surface area (Å²) in [6.07, 6.45) is 10.7. The van der Waals surface area contributed by atoms with E-state index in [1.807, 2.05) is 26.2 Å². The Kier molecular flexibility index (Phi) is 7.79. The van der Waals surface area contributed by atoms with Crippen LogP contribution in [0, 0.1) is 17.3 Å². The second-order valence-corrected chi connectivity index (χ2v) is 12.4. The van der Waals surface area contributed by atoms with E-state index in [0.29, 0.717) is 24.7 Å². The van der Waals surface area contributed by atoms with Gasteiger partial charge in [-0.05, 0) is 91.4 Å². The van der Waals surface area contributed by atoms with Gasteiger partial charge in [-0.3, -0.25) is 14.4 Å². The molecule has 4 aliphatic rings. The number of carbonyl (C=O) groups excluding carboxylic acids is 2. The smallest absolute Gasteiger partial charge is 0.306 e. The highest BCUT2D eigenvalue weighted by atomic mass is 16.5. The van der Waals surface area contributed by atoms with E-state index in [-0.39, 0.29) is 36.6 Å². The summed E-state index contributed by atoms with van der Waals surface area (Å²) < 4.78 is 5.20. The third kappa shape index (κ3) is 5.16. The van der Waals surface area contributed by atoms with Crippen LogP contribution in [0.25, 0.3) is 0 Å². The number of allylic oxidation sites excluding steroid dienone is 4. The number of nitrogens with zero attached hydrogens (tertiary/aromatic N) is 1. The van der Waals surface area contributed by atoms with Crippen molar-refractivity contribution in [3.05, 3.63) is 64.8 Å². The molecule has 5 rings (SSSR count). The minimum absolute atomic E-state index is 0.0118. The topological polar surface area (TPSA) is 104 Å². The molecule has 7 nitrogen and oxygen atoms in total. The Labute approximate surface area is 236 Å². The number of ketones is 1. The number of anilines is 1. The van der Waals surface area contributed by atoms with Gasteiger partial charge in [-0.2, -0.15) is 0 Å². The lowest BCUT2D eigenvalue weighted by Gasteiger charge is -2.54. The molecule has 2 unspecified atom stereocenters. The molecule has 2 saturated carbocycles. The van der Waals surface area contributed by atoms with E-state index < -0.39 is 17.5 Å². The van der Waals surface area contributed by atoms with Gasteiger partial charge in [-0.15, -0.1) is 0 Å². The number of hydrogen-bond donors (Lipinski definition) is 2. The normalized spacial score (nSPS) is 31.4. The Morgan fingerprint density at radius 3 is 2.55 bits per heavy atom. The maximum Gasteiger partial charge on any atom is 0.306 e. The minimum Gasteiger partial charge on any atom is -0.481 e. The van der Waals surface area contributed by atoms with Gasteiger partial charge in [0.25, 0.3) is 0 Å². The van der Waals surface area contributed by atoms with Crippen molar-refractivity contribution in [2.24, 2.45) is 17.3 Å². The average Bonchev–Trinajstić information content (AvgIpc) is 3.19. The van der Waals surface area contributed by atoms with Crippen LogP contribution in [-0.4, -0.2) is 54.2 Å². The van der Waals surface area contributed by atoms with Crippen molar-refractivity contribution < 1.29 is 29.3 Å². The molecule has 0 heterocycles. The zero-order chi connectivity index (χ0) is 28.7. The number of hydrogen-bond acceptors (Lipinski definition) is 6. The summed E-state index contributed by atoms with van der Waals surface area (Å²) in [5.74, 6) is -0.528. The molecule has 40 heavy (non-hydrogen) atoms. The van der Waals surface area contributed by atoms with E-state index in [2.05, 4.69) is 36.1 Å². The number of carboxylic acids is 1. The number of ether oxygens (including phenoxy) is 1. The number of esters is 1. The molecule has 7 heteroatoms. The first-order chi connectivity index (χ1) is 19.0. The molecule has 0 spiro atoms. The number of aliphatic carboxylic acids is 1. The molecule has 1 aromatic rings. The summed E-state index contributed by atoms with van der Waals surface area (Å²) in [6, 6.07) is 8.77. The Balaban J connectivity index is 1.46. The predicted molar refractivity (Wildman–Crippen MR) is 153 cm³/mol. The Bertz CT molecular complexity index is 1270. The molecule has 0 aliphatic heterocycles. The second kappa shape index (κ2) is 11.0. The van der Waals surface area contributed by atoms with Crippen LogP contribution >= 0.6 is 0 Å². The van der Waals surface area contributed by atoms with Crippen LogP contribution in [0.5, 0.6) is 0 Å². The van der Waals surface area contributed by atoms with Gasteiger partial charge in [0.05, 0.1) is 18.4 Å². The summed E-state index contributed by atoms with van der Waals surface area (Å²) in [5, 5.41) is 20.9. The number of aliphatic hydroxyl groups is 1. The first-order valence-electron chi connectivity index (χ1n) is 14.5. The van der Waals surface area contributed by atoms with E-state index >= 15 is 0 Å². The van der Waals surface area contributed by atoms with Crippen molar-refractivity contribution in [1.82, 2.24) is 0 Å². The molecule has 2 N–H and O–H groups in total. The van der Waals surface area contributed by atoms with E-state index in [9.17, 15) is 19.5 Å². The van der Waals surface area contributed by atoms with Gasteiger partial charge in [0.15, 0.2) is 5.78 Å². The predicted octanol–water partition coefficient (Wildman–Crippen LogP) is 5.35. The molecular weight excluding hydrogens is 506 g/mol. The van der Waals surface area contributed by atoms with E-state index in [0.717, 1.165) is 37.8 Å². The average molecular weight is 548 g/mol. The minimum atomic E-state index is -1.04. The fourth-order valence-electron chi connectivity index (χ4n) is 7.94. The van der Waals surface area contributed by atoms with Crippen LogP contribution in [-0.2, 0) is 19.1 Å². The summed E-state index contributed by atoms with van der Waals surface area (Å²) >= 11 is 0. The van der Waals surface area contributed by atoms with Crippen molar-refractivity contribution in [2.75, 3.05) is 25.6 Å². The maximum absolute atomic E-state index is 12.3. The summed E-state index contributed by atoms with van der Waals surface area (Å²) in [6.45, 7) is 2.24. The third-order valence-electron chi connectivity index (χ3n) is 10.0. The van der Waals surface area contributed by atoms with Crippen molar-refractivity contribution in [1.29, 1.82) is 0 Å². The standard InChI is InChI=1S/C33H41NO6/c1-32-20-27(21-5-8-23(9-6-21)34(2)3)31-25-12-10-24(35)19-22(25)7-11-26(31)28(32)15-17-33(32,39)16-4-18-40-30(38)14-13-29(36)37/h4-6,8-9,16,19,26-28,39H,7,10-15,17-18,20H2,1-3H3,(H,36,37)/b16-4-/t26?,27-,28?,32+,33+/m1/s1. The molecule has 0 radical (unpaired) electrons. The second-order valence-electron chi connectivity index (χ2n) is 12.4. The van der Waals surface area contributed by atoms with Crippen LogP contribution in [0.1, 0.15) is 76.2 Å².